The Morgan fingerprint density at radius 2 is 2.44 bits per heavy atom. The molecule has 1 aromatic rings. The first-order valence-corrected chi connectivity index (χ1v) is 5.90. The lowest BCUT2D eigenvalue weighted by Crippen LogP contribution is -2.38. The van der Waals surface area contributed by atoms with Crippen LogP contribution in [0.1, 0.15) is 19.8 Å². The molecule has 16 heavy (non-hydrogen) atoms. The molecule has 1 aliphatic heterocycles. The minimum Gasteiger partial charge on any atom is -0.486 e. The van der Waals surface area contributed by atoms with Gasteiger partial charge < -0.3 is 14.8 Å². The number of nitrogens with one attached hydrogen (secondary N) is 1. The molecule has 0 spiro atoms. The third-order valence-electron chi connectivity index (χ3n) is 2.59. The van der Waals surface area contributed by atoms with Crippen molar-refractivity contribution < 1.29 is 9.47 Å². The highest BCUT2D eigenvalue weighted by atomic mass is 16.6. The normalized spacial score (nSPS) is 18.4. The molecule has 0 aliphatic carbocycles. The first kappa shape index (κ1) is 11.3. The van der Waals surface area contributed by atoms with E-state index in [1.165, 1.54) is 12.8 Å². The van der Waals surface area contributed by atoms with E-state index in [9.17, 15) is 0 Å². The molecule has 0 aromatic heterocycles. The molecule has 1 unspecified atom stereocenters. The molecule has 0 saturated carbocycles. The molecular weight excluding hydrogens is 202 g/mol. The van der Waals surface area contributed by atoms with Crippen molar-refractivity contribution in [3.63, 3.8) is 0 Å². The lowest BCUT2D eigenvalue weighted by Gasteiger charge is -2.26. The van der Waals surface area contributed by atoms with Crippen molar-refractivity contribution in [3.8, 4) is 11.5 Å². The third kappa shape index (κ3) is 2.89. The number of benzene rings is 1. The van der Waals surface area contributed by atoms with E-state index in [1.807, 2.05) is 18.2 Å². The molecule has 87 valence electrons. The number of unbranched alkanes of at least 4 members (excludes halogenated alkanes) is 1. The van der Waals surface area contributed by atoms with Crippen LogP contribution in [0, 0.1) is 6.07 Å². The lowest BCUT2D eigenvalue weighted by molar-refractivity contribution is 0.0905. The fraction of sp³-hybridized carbons (Fsp3) is 0.538. The molecule has 2 rings (SSSR count). The molecule has 0 saturated heterocycles. The molecule has 3 heteroatoms. The lowest BCUT2D eigenvalue weighted by atomic mass is 10.2. The standard InChI is InChI=1S/C13H18NO2/c1-2-3-8-14-9-11-10-15-12-6-4-5-7-13(12)16-11/h4,6-7,11,14H,2-3,8-10H2,1H3. The van der Waals surface area contributed by atoms with Crippen molar-refractivity contribution in [2.75, 3.05) is 19.7 Å². The van der Waals surface area contributed by atoms with Crippen LogP contribution < -0.4 is 14.8 Å². The maximum absolute atomic E-state index is 5.79. The van der Waals surface area contributed by atoms with E-state index in [-0.39, 0.29) is 6.10 Å². The number of hydrogen-bond acceptors (Lipinski definition) is 3. The second-order valence-corrected chi connectivity index (χ2v) is 3.98. The maximum Gasteiger partial charge on any atom is 0.162 e. The SMILES string of the molecule is CCCCNCC1COc2cc[c]cc2O1. The van der Waals surface area contributed by atoms with Crippen LogP contribution in [0.15, 0.2) is 18.2 Å². The van der Waals surface area contributed by atoms with Gasteiger partial charge in [-0.3, -0.25) is 0 Å². The average Bonchev–Trinajstić information content (AvgIpc) is 2.34. The zero-order chi connectivity index (χ0) is 11.2. The first-order valence-electron chi connectivity index (χ1n) is 5.90. The molecule has 0 fully saturated rings. The monoisotopic (exact) mass is 220 g/mol. The molecule has 0 bridgehead atoms. The maximum atomic E-state index is 5.79. The molecule has 1 atom stereocenters. The smallest absolute Gasteiger partial charge is 0.162 e. The van der Waals surface area contributed by atoms with Gasteiger partial charge in [0.05, 0.1) is 0 Å². The Morgan fingerprint density at radius 1 is 1.50 bits per heavy atom. The molecule has 3 nitrogen and oxygen atoms in total. The second-order valence-electron chi connectivity index (χ2n) is 3.98. The minimum atomic E-state index is 0.111. The third-order valence-corrected chi connectivity index (χ3v) is 2.59. The Labute approximate surface area is 96.8 Å². The Hall–Kier alpha value is -1.22. The molecule has 0 amide bonds. The van der Waals surface area contributed by atoms with Crippen LogP contribution in [0.5, 0.6) is 11.5 Å². The van der Waals surface area contributed by atoms with Crippen LogP contribution in [-0.4, -0.2) is 25.8 Å². The summed E-state index contributed by atoms with van der Waals surface area (Å²) in [5.41, 5.74) is 0. The van der Waals surface area contributed by atoms with Crippen LogP contribution in [0.3, 0.4) is 0 Å². The number of hydrogen-bond donors (Lipinski definition) is 1. The Morgan fingerprint density at radius 3 is 3.31 bits per heavy atom. The predicted octanol–water partition coefficient (Wildman–Crippen LogP) is 2.02. The summed E-state index contributed by atoms with van der Waals surface area (Å²) in [5, 5.41) is 3.37. The van der Waals surface area contributed by atoms with Gasteiger partial charge >= 0.3 is 0 Å². The minimum absolute atomic E-state index is 0.111. The van der Waals surface area contributed by atoms with Gasteiger partial charge in [-0.05, 0) is 31.2 Å². The second kappa shape index (κ2) is 5.75. The molecule has 1 aromatic carbocycles. The Kier molecular flexibility index (Phi) is 4.05. The Bertz CT molecular complexity index is 327. The summed E-state index contributed by atoms with van der Waals surface area (Å²) in [6.45, 7) is 4.70. The van der Waals surface area contributed by atoms with Gasteiger partial charge in [-0.15, -0.1) is 0 Å². The summed E-state index contributed by atoms with van der Waals surface area (Å²) < 4.78 is 11.4. The fourth-order valence-electron chi connectivity index (χ4n) is 1.67. The highest BCUT2D eigenvalue weighted by Crippen LogP contribution is 2.30. The van der Waals surface area contributed by atoms with Crippen molar-refractivity contribution in [1.82, 2.24) is 5.32 Å². The quantitative estimate of drug-likeness (QED) is 0.770. The van der Waals surface area contributed by atoms with Crippen LogP contribution in [0.4, 0.5) is 0 Å². The van der Waals surface area contributed by atoms with Crippen LogP contribution in [0.25, 0.3) is 0 Å². The molecule has 1 aliphatic rings. The van der Waals surface area contributed by atoms with E-state index in [1.54, 1.807) is 0 Å². The van der Waals surface area contributed by atoms with Crippen molar-refractivity contribution >= 4 is 0 Å². The van der Waals surface area contributed by atoms with Crippen molar-refractivity contribution in [1.29, 1.82) is 0 Å². The van der Waals surface area contributed by atoms with E-state index in [4.69, 9.17) is 9.47 Å². The van der Waals surface area contributed by atoms with E-state index >= 15 is 0 Å². The van der Waals surface area contributed by atoms with Gasteiger partial charge in [0.25, 0.3) is 0 Å². The van der Waals surface area contributed by atoms with Crippen molar-refractivity contribution in [2.45, 2.75) is 25.9 Å². The van der Waals surface area contributed by atoms with Gasteiger partial charge in [-0.25, -0.2) is 0 Å². The summed E-state index contributed by atoms with van der Waals surface area (Å²) in [6.07, 6.45) is 2.53. The Balaban J connectivity index is 1.79. The molecule has 1 N–H and O–H groups in total. The summed E-state index contributed by atoms with van der Waals surface area (Å²) in [5.74, 6) is 1.62. The summed E-state index contributed by atoms with van der Waals surface area (Å²) in [6, 6.07) is 8.54. The first-order chi connectivity index (χ1) is 7.90. The van der Waals surface area contributed by atoms with E-state index in [2.05, 4.69) is 18.3 Å². The van der Waals surface area contributed by atoms with Gasteiger partial charge in [-0.2, -0.15) is 0 Å². The van der Waals surface area contributed by atoms with Gasteiger partial charge in [0, 0.05) is 6.54 Å². The topological polar surface area (TPSA) is 30.5 Å². The molecular formula is C13H18NO2. The fourth-order valence-corrected chi connectivity index (χ4v) is 1.67. The van der Waals surface area contributed by atoms with Gasteiger partial charge in [-0.1, -0.05) is 19.4 Å². The van der Waals surface area contributed by atoms with Gasteiger partial charge in [0.1, 0.15) is 12.7 Å². The summed E-state index contributed by atoms with van der Waals surface area (Å²) >= 11 is 0. The highest BCUT2D eigenvalue weighted by molar-refractivity contribution is 5.40. The zero-order valence-electron chi connectivity index (χ0n) is 9.66. The number of fused-ring (bicyclic) bond motifs is 1. The van der Waals surface area contributed by atoms with Gasteiger partial charge in [0.15, 0.2) is 11.5 Å². The largest absolute Gasteiger partial charge is 0.486 e. The summed E-state index contributed by atoms with van der Waals surface area (Å²) in [7, 11) is 0. The predicted molar refractivity (Wildman–Crippen MR) is 63.0 cm³/mol. The average molecular weight is 220 g/mol. The molecule has 1 radical (unpaired) electrons. The van der Waals surface area contributed by atoms with E-state index < -0.39 is 0 Å². The van der Waals surface area contributed by atoms with Gasteiger partial charge in [0.2, 0.25) is 0 Å². The van der Waals surface area contributed by atoms with E-state index in [0.717, 1.165) is 24.6 Å². The zero-order valence-corrected chi connectivity index (χ0v) is 9.66. The molecule has 1 heterocycles. The van der Waals surface area contributed by atoms with Crippen molar-refractivity contribution in [3.05, 3.63) is 24.3 Å². The van der Waals surface area contributed by atoms with E-state index in [0.29, 0.717) is 6.61 Å². The summed E-state index contributed by atoms with van der Waals surface area (Å²) in [4.78, 5) is 0. The number of ether oxygens (including phenoxy) is 2. The number of rotatable bonds is 5. The van der Waals surface area contributed by atoms with Crippen LogP contribution >= 0.6 is 0 Å². The van der Waals surface area contributed by atoms with Crippen molar-refractivity contribution in [2.24, 2.45) is 0 Å². The van der Waals surface area contributed by atoms with Crippen LogP contribution in [0.2, 0.25) is 0 Å². The van der Waals surface area contributed by atoms with Crippen LogP contribution in [-0.2, 0) is 0 Å². The highest BCUT2D eigenvalue weighted by Gasteiger charge is 2.19.